The Labute approximate surface area is 189 Å². The topological polar surface area (TPSA) is 82.5 Å². The second-order valence-electron chi connectivity index (χ2n) is 9.05. The smallest absolute Gasteiger partial charge is 0.180 e. The Morgan fingerprint density at radius 3 is 2.66 bits per heavy atom. The van der Waals surface area contributed by atoms with Gasteiger partial charge in [0.1, 0.15) is 5.82 Å². The minimum Gasteiger partial charge on any atom is -0.393 e. The average Bonchev–Trinajstić information content (AvgIpc) is 2.91. The van der Waals surface area contributed by atoms with Gasteiger partial charge < -0.3 is 15.3 Å². The molecule has 2 aliphatic rings. The van der Waals surface area contributed by atoms with Crippen LogP contribution in [0.25, 0.3) is 10.9 Å². The van der Waals surface area contributed by atoms with Gasteiger partial charge in [0, 0.05) is 36.3 Å². The molecule has 1 aliphatic carbocycles. The summed E-state index contributed by atoms with van der Waals surface area (Å²) in [5.74, 6) is 0.854. The van der Waals surface area contributed by atoms with Gasteiger partial charge in [0.25, 0.3) is 0 Å². The van der Waals surface area contributed by atoms with Crippen molar-refractivity contribution in [3.63, 3.8) is 0 Å². The molecule has 0 unspecified atom stereocenters. The molecule has 6 nitrogen and oxygen atoms in total. The van der Waals surface area contributed by atoms with Crippen molar-refractivity contribution in [1.82, 2.24) is 4.98 Å². The third-order valence-corrected chi connectivity index (χ3v) is 8.42. The summed E-state index contributed by atoms with van der Waals surface area (Å²) in [7, 11) is -3.31. The zero-order valence-electron chi connectivity index (χ0n) is 18.3. The summed E-state index contributed by atoms with van der Waals surface area (Å²) in [4.78, 5) is 7.42. The van der Waals surface area contributed by atoms with Gasteiger partial charge in [0.2, 0.25) is 0 Å². The second-order valence-corrected chi connectivity index (χ2v) is 11.1. The number of pyridine rings is 1. The first-order valence-electron chi connectivity index (χ1n) is 11.3. The number of hydrogen-bond donors (Lipinski definition) is 2. The quantitative estimate of drug-likeness (QED) is 0.625. The molecule has 32 heavy (non-hydrogen) atoms. The summed E-state index contributed by atoms with van der Waals surface area (Å²) >= 11 is 0. The summed E-state index contributed by atoms with van der Waals surface area (Å²) in [6.45, 7) is 2.98. The molecule has 1 fully saturated rings. The fourth-order valence-corrected chi connectivity index (χ4v) is 6.30. The van der Waals surface area contributed by atoms with E-state index in [2.05, 4.69) is 35.3 Å². The Kier molecular flexibility index (Phi) is 5.55. The number of aromatic nitrogens is 1. The summed E-state index contributed by atoms with van der Waals surface area (Å²) < 4.78 is 25.6. The van der Waals surface area contributed by atoms with Gasteiger partial charge in [-0.1, -0.05) is 29.8 Å². The van der Waals surface area contributed by atoms with Gasteiger partial charge in [-0.05, 0) is 56.4 Å². The average molecular weight is 452 g/mol. The highest BCUT2D eigenvalue weighted by molar-refractivity contribution is 7.91. The van der Waals surface area contributed by atoms with Gasteiger partial charge in [-0.25, -0.2) is 13.4 Å². The molecule has 2 N–H and O–H groups in total. The molecule has 7 heteroatoms. The molecule has 0 bridgehead atoms. The Morgan fingerprint density at radius 2 is 1.84 bits per heavy atom. The molecule has 2 aromatic carbocycles. The number of aryl methyl sites for hydroxylation is 1. The van der Waals surface area contributed by atoms with Crippen molar-refractivity contribution in [2.24, 2.45) is 0 Å². The second kappa shape index (κ2) is 8.37. The van der Waals surface area contributed by atoms with Crippen molar-refractivity contribution in [1.29, 1.82) is 0 Å². The number of rotatable bonds is 3. The highest BCUT2D eigenvalue weighted by atomic mass is 32.2. The molecule has 0 amide bonds. The maximum atomic E-state index is 12.8. The van der Waals surface area contributed by atoms with E-state index in [4.69, 9.17) is 4.98 Å². The number of fused-ring (bicyclic) bond motifs is 2. The number of anilines is 2. The maximum Gasteiger partial charge on any atom is 0.180 e. The fourth-order valence-electron chi connectivity index (χ4n) is 4.81. The van der Waals surface area contributed by atoms with Gasteiger partial charge in [0.15, 0.2) is 9.84 Å². The van der Waals surface area contributed by atoms with Crippen molar-refractivity contribution in [3.8, 4) is 0 Å². The molecule has 1 aromatic heterocycles. The van der Waals surface area contributed by atoms with Crippen LogP contribution in [0.5, 0.6) is 0 Å². The number of hydrogen-bond acceptors (Lipinski definition) is 6. The molecule has 0 spiro atoms. The van der Waals surface area contributed by atoms with Crippen LogP contribution in [0.3, 0.4) is 0 Å². The lowest BCUT2D eigenvalue weighted by atomic mass is 9.93. The molecule has 168 valence electrons. The van der Waals surface area contributed by atoms with Crippen LogP contribution >= 0.6 is 0 Å². The lowest BCUT2D eigenvalue weighted by molar-refractivity contribution is 0.126. The van der Waals surface area contributed by atoms with Crippen molar-refractivity contribution in [3.05, 3.63) is 59.7 Å². The van der Waals surface area contributed by atoms with Crippen LogP contribution in [0.15, 0.2) is 53.4 Å². The Hall–Kier alpha value is -2.64. The molecular weight excluding hydrogens is 422 g/mol. The number of aliphatic hydroxyl groups is 1. The number of aliphatic hydroxyl groups excluding tert-OH is 1. The van der Waals surface area contributed by atoms with E-state index >= 15 is 0 Å². The molecule has 3 aromatic rings. The first-order chi connectivity index (χ1) is 15.4. The zero-order valence-corrected chi connectivity index (χ0v) is 19.1. The van der Waals surface area contributed by atoms with Gasteiger partial charge in [-0.15, -0.1) is 0 Å². The zero-order chi connectivity index (χ0) is 22.3. The van der Waals surface area contributed by atoms with Gasteiger partial charge >= 0.3 is 0 Å². The Bertz CT molecular complexity index is 1250. The largest absolute Gasteiger partial charge is 0.393 e. The van der Waals surface area contributed by atoms with Crippen LogP contribution in [0.1, 0.15) is 36.8 Å². The number of benzene rings is 2. The van der Waals surface area contributed by atoms with Crippen molar-refractivity contribution in [2.75, 3.05) is 22.5 Å². The highest BCUT2D eigenvalue weighted by Gasteiger charge is 2.26. The summed E-state index contributed by atoms with van der Waals surface area (Å²) in [5, 5.41) is 14.6. The monoisotopic (exact) mass is 451 g/mol. The molecule has 0 saturated heterocycles. The van der Waals surface area contributed by atoms with Crippen molar-refractivity contribution in [2.45, 2.75) is 56.2 Å². The van der Waals surface area contributed by atoms with Crippen LogP contribution in [0.2, 0.25) is 0 Å². The van der Waals surface area contributed by atoms with E-state index in [0.717, 1.165) is 53.7 Å². The van der Waals surface area contributed by atoms with E-state index < -0.39 is 9.84 Å². The van der Waals surface area contributed by atoms with E-state index in [0.29, 0.717) is 24.0 Å². The van der Waals surface area contributed by atoms with Crippen LogP contribution in [-0.2, 0) is 16.4 Å². The SMILES string of the molecule is Cc1ccc2nc(N3CCS(=O)(=O)c4ccccc4C3)cc(NC3CCC(O)CC3)c2c1. The van der Waals surface area contributed by atoms with E-state index in [1.54, 1.807) is 12.1 Å². The minimum absolute atomic E-state index is 0.0703. The predicted molar refractivity (Wildman–Crippen MR) is 128 cm³/mol. The summed E-state index contributed by atoms with van der Waals surface area (Å²) in [6, 6.07) is 15.9. The van der Waals surface area contributed by atoms with Crippen molar-refractivity contribution < 1.29 is 13.5 Å². The maximum absolute atomic E-state index is 12.8. The van der Waals surface area contributed by atoms with E-state index in [1.807, 2.05) is 18.2 Å². The molecule has 0 radical (unpaired) electrons. The Morgan fingerprint density at radius 1 is 1.06 bits per heavy atom. The van der Waals surface area contributed by atoms with E-state index in [9.17, 15) is 13.5 Å². The van der Waals surface area contributed by atoms with Crippen LogP contribution in [0, 0.1) is 6.92 Å². The van der Waals surface area contributed by atoms with Gasteiger partial charge in [0.05, 0.1) is 22.3 Å². The third kappa shape index (κ3) is 4.19. The Balaban J connectivity index is 1.54. The molecule has 1 saturated carbocycles. The van der Waals surface area contributed by atoms with E-state index in [-0.39, 0.29) is 11.9 Å². The normalized spacial score (nSPS) is 22.9. The fraction of sp³-hybridized carbons (Fsp3) is 0.400. The number of nitrogens with one attached hydrogen (secondary N) is 1. The van der Waals surface area contributed by atoms with Crippen LogP contribution < -0.4 is 10.2 Å². The van der Waals surface area contributed by atoms with Gasteiger partial charge in [-0.3, -0.25) is 0 Å². The molecule has 2 heterocycles. The number of nitrogens with zero attached hydrogens (tertiary/aromatic N) is 2. The first kappa shape index (κ1) is 21.2. The third-order valence-electron chi connectivity index (χ3n) is 6.63. The highest BCUT2D eigenvalue weighted by Crippen LogP contribution is 2.33. The van der Waals surface area contributed by atoms with E-state index in [1.165, 1.54) is 5.56 Å². The van der Waals surface area contributed by atoms with Crippen LogP contribution in [0.4, 0.5) is 11.5 Å². The molecule has 5 rings (SSSR count). The predicted octanol–water partition coefficient (Wildman–Crippen LogP) is 4.05. The standard InChI is InChI=1S/C25H29N3O3S/c1-17-6-11-22-21(14-17)23(26-19-7-9-20(29)10-8-19)15-25(27-22)28-12-13-32(30,31)24-5-3-2-4-18(24)16-28/h2-6,11,14-15,19-20,29H,7-10,12-13,16H2,1H3,(H,26,27). The summed E-state index contributed by atoms with van der Waals surface area (Å²) in [5.41, 5.74) is 3.90. The minimum atomic E-state index is -3.31. The number of sulfone groups is 1. The molecular formula is C25H29N3O3S. The lowest BCUT2D eigenvalue weighted by Crippen LogP contribution is -2.29. The molecule has 1 aliphatic heterocycles. The van der Waals surface area contributed by atoms with Gasteiger partial charge in [-0.2, -0.15) is 0 Å². The van der Waals surface area contributed by atoms with Crippen molar-refractivity contribution >= 4 is 32.2 Å². The first-order valence-corrected chi connectivity index (χ1v) is 13.0. The van der Waals surface area contributed by atoms with Crippen LogP contribution in [-0.4, -0.2) is 43.0 Å². The molecule has 0 atom stereocenters. The summed E-state index contributed by atoms with van der Waals surface area (Å²) in [6.07, 6.45) is 3.29. The lowest BCUT2D eigenvalue weighted by Gasteiger charge is -2.29.